The number of nitrogens with zero attached hydrogens (tertiary/aromatic N) is 4. The van der Waals surface area contributed by atoms with Crippen LogP contribution >= 0.6 is 0 Å². The Hall–Kier alpha value is -3.58. The minimum Gasteiger partial charge on any atom is -0.486 e. The zero-order valence-corrected chi connectivity index (χ0v) is 20.7. The smallest absolute Gasteiger partial charge is 0.162 e. The molecule has 0 bridgehead atoms. The molecule has 0 atom stereocenters. The van der Waals surface area contributed by atoms with Crippen molar-refractivity contribution < 1.29 is 9.47 Å². The first-order chi connectivity index (χ1) is 17.8. The lowest BCUT2D eigenvalue weighted by molar-refractivity contribution is 0.171. The number of nitrogens with one attached hydrogen (secondary N) is 1. The fourth-order valence-electron chi connectivity index (χ4n) is 5.14. The number of aromatic nitrogens is 3. The highest BCUT2D eigenvalue weighted by molar-refractivity contribution is 5.66. The third kappa shape index (κ3) is 5.16. The Bertz CT molecular complexity index is 1330. The molecule has 7 heteroatoms. The van der Waals surface area contributed by atoms with Gasteiger partial charge in [0.1, 0.15) is 13.2 Å². The first-order valence-corrected chi connectivity index (χ1v) is 13.1. The van der Waals surface area contributed by atoms with Crippen molar-refractivity contribution in [3.8, 4) is 22.8 Å². The van der Waals surface area contributed by atoms with Crippen molar-refractivity contribution in [1.29, 1.82) is 0 Å². The summed E-state index contributed by atoms with van der Waals surface area (Å²) in [5, 5.41) is 8.46. The van der Waals surface area contributed by atoms with Crippen LogP contribution in [0.15, 0.2) is 60.7 Å². The highest BCUT2D eigenvalue weighted by Gasteiger charge is 2.15. The zero-order valence-electron chi connectivity index (χ0n) is 20.7. The van der Waals surface area contributed by atoms with E-state index < -0.39 is 0 Å². The van der Waals surface area contributed by atoms with Crippen molar-refractivity contribution in [2.75, 3.05) is 44.7 Å². The second kappa shape index (κ2) is 10.6. The molecule has 4 heterocycles. The first-order valence-electron chi connectivity index (χ1n) is 13.1. The number of hydrogen-bond donors (Lipinski definition) is 1. The van der Waals surface area contributed by atoms with Crippen molar-refractivity contribution in [3.63, 3.8) is 0 Å². The van der Waals surface area contributed by atoms with E-state index in [1.165, 1.54) is 50.9 Å². The Balaban J connectivity index is 1.13. The number of hydrogen-bond acceptors (Lipinski definition) is 6. The van der Waals surface area contributed by atoms with Crippen molar-refractivity contribution in [1.82, 2.24) is 19.5 Å². The predicted molar refractivity (Wildman–Crippen MR) is 142 cm³/mol. The van der Waals surface area contributed by atoms with E-state index in [-0.39, 0.29) is 0 Å². The van der Waals surface area contributed by atoms with Gasteiger partial charge in [0.25, 0.3) is 0 Å². The number of anilines is 1. The summed E-state index contributed by atoms with van der Waals surface area (Å²) in [4.78, 5) is 7.40. The van der Waals surface area contributed by atoms with Crippen LogP contribution < -0.4 is 14.8 Å². The van der Waals surface area contributed by atoms with E-state index in [4.69, 9.17) is 19.6 Å². The topological polar surface area (TPSA) is 63.9 Å². The van der Waals surface area contributed by atoms with E-state index in [0.717, 1.165) is 46.5 Å². The minimum absolute atomic E-state index is 0.570. The van der Waals surface area contributed by atoms with Crippen molar-refractivity contribution >= 4 is 11.3 Å². The van der Waals surface area contributed by atoms with Gasteiger partial charge in [0, 0.05) is 24.2 Å². The summed E-state index contributed by atoms with van der Waals surface area (Å²) in [5.41, 5.74) is 5.20. The van der Waals surface area contributed by atoms with Gasteiger partial charge in [-0.15, -0.1) is 0 Å². The number of likely N-dealkylation sites (tertiary alicyclic amines) is 1. The monoisotopic (exact) mass is 483 g/mol. The summed E-state index contributed by atoms with van der Waals surface area (Å²) < 4.78 is 13.4. The molecule has 36 heavy (non-hydrogen) atoms. The van der Waals surface area contributed by atoms with E-state index in [2.05, 4.69) is 40.5 Å². The second-order valence-electron chi connectivity index (χ2n) is 9.63. The Labute approximate surface area is 212 Å². The van der Waals surface area contributed by atoms with Gasteiger partial charge in [-0.25, -0.2) is 9.50 Å². The SMILES string of the molecule is c1cc(Cc2nc3cccc(-c4ccc5c(c4)OCCO5)n3n2)cc(NCCCN2CCCCC2)c1. The Morgan fingerprint density at radius 1 is 0.861 bits per heavy atom. The van der Waals surface area contributed by atoms with Gasteiger partial charge in [-0.05, 0) is 86.9 Å². The predicted octanol–water partition coefficient (Wildman–Crippen LogP) is 5.05. The summed E-state index contributed by atoms with van der Waals surface area (Å²) in [6, 6.07) is 20.7. The molecule has 2 aliphatic heterocycles. The number of fused-ring (bicyclic) bond motifs is 2. The average molecular weight is 484 g/mol. The van der Waals surface area contributed by atoms with Gasteiger partial charge in [-0.1, -0.05) is 24.6 Å². The average Bonchev–Trinajstić information content (AvgIpc) is 3.34. The molecule has 0 spiro atoms. The number of rotatable bonds is 8. The Morgan fingerprint density at radius 2 is 1.72 bits per heavy atom. The van der Waals surface area contributed by atoms with Crippen LogP contribution in [0.3, 0.4) is 0 Å². The maximum atomic E-state index is 5.78. The first kappa shape index (κ1) is 22.9. The van der Waals surface area contributed by atoms with Gasteiger partial charge in [0.15, 0.2) is 23.0 Å². The van der Waals surface area contributed by atoms with E-state index in [0.29, 0.717) is 19.6 Å². The molecule has 0 aliphatic carbocycles. The highest BCUT2D eigenvalue weighted by Crippen LogP contribution is 2.34. The molecule has 4 aromatic rings. The molecular formula is C29H33N5O2. The second-order valence-corrected chi connectivity index (χ2v) is 9.63. The summed E-state index contributed by atoms with van der Waals surface area (Å²) in [5.74, 6) is 2.37. The molecule has 7 nitrogen and oxygen atoms in total. The molecule has 0 radical (unpaired) electrons. The Kier molecular flexibility index (Phi) is 6.72. The van der Waals surface area contributed by atoms with Crippen molar-refractivity contribution in [3.05, 3.63) is 72.1 Å². The third-order valence-electron chi connectivity index (χ3n) is 6.96. The van der Waals surface area contributed by atoms with E-state index in [1.54, 1.807) is 0 Å². The molecule has 0 saturated carbocycles. The normalized spacial score (nSPS) is 15.8. The standard InChI is InChI=1S/C29H33N5O2/c1-2-14-33(15-3-1)16-6-13-30-24-8-4-7-22(19-24)20-28-31-29-10-5-9-25(34(29)32-28)23-11-12-26-27(21-23)36-18-17-35-26/h4-5,7-12,19,21,30H,1-3,6,13-18,20H2. The van der Waals surface area contributed by atoms with Crippen LogP contribution in [0.25, 0.3) is 16.9 Å². The fourth-order valence-corrected chi connectivity index (χ4v) is 5.14. The lowest BCUT2D eigenvalue weighted by atomic mass is 10.1. The molecule has 2 aromatic heterocycles. The summed E-state index contributed by atoms with van der Waals surface area (Å²) in [7, 11) is 0. The van der Waals surface area contributed by atoms with Gasteiger partial charge in [0.05, 0.1) is 5.69 Å². The van der Waals surface area contributed by atoms with Crippen LogP contribution in [-0.4, -0.2) is 58.9 Å². The fraction of sp³-hybridized carbons (Fsp3) is 0.379. The van der Waals surface area contributed by atoms with Crippen LogP contribution in [-0.2, 0) is 6.42 Å². The quantitative estimate of drug-likeness (QED) is 0.354. The molecular weight excluding hydrogens is 450 g/mol. The largest absolute Gasteiger partial charge is 0.486 e. The maximum absolute atomic E-state index is 5.78. The third-order valence-corrected chi connectivity index (χ3v) is 6.96. The lowest BCUT2D eigenvalue weighted by Crippen LogP contribution is -2.31. The number of piperidine rings is 1. The van der Waals surface area contributed by atoms with Crippen LogP contribution in [0, 0.1) is 0 Å². The zero-order chi connectivity index (χ0) is 24.2. The summed E-state index contributed by atoms with van der Waals surface area (Å²) >= 11 is 0. The number of ether oxygens (including phenoxy) is 2. The molecule has 0 unspecified atom stereocenters. The molecule has 6 rings (SSSR count). The van der Waals surface area contributed by atoms with Crippen LogP contribution in [0.5, 0.6) is 11.5 Å². The molecule has 1 N–H and O–H groups in total. The van der Waals surface area contributed by atoms with Crippen LogP contribution in [0.1, 0.15) is 37.1 Å². The van der Waals surface area contributed by atoms with Gasteiger partial charge >= 0.3 is 0 Å². The molecule has 2 aliphatic rings. The molecule has 1 fully saturated rings. The number of pyridine rings is 1. The van der Waals surface area contributed by atoms with E-state index in [1.807, 2.05) is 34.8 Å². The van der Waals surface area contributed by atoms with Crippen LogP contribution in [0.2, 0.25) is 0 Å². The number of benzene rings is 2. The Morgan fingerprint density at radius 3 is 2.64 bits per heavy atom. The summed E-state index contributed by atoms with van der Waals surface area (Å²) in [6.45, 7) is 5.86. The van der Waals surface area contributed by atoms with E-state index in [9.17, 15) is 0 Å². The maximum Gasteiger partial charge on any atom is 0.162 e. The molecule has 2 aromatic carbocycles. The van der Waals surface area contributed by atoms with Crippen LogP contribution in [0.4, 0.5) is 5.69 Å². The molecule has 186 valence electrons. The van der Waals surface area contributed by atoms with Gasteiger partial charge in [0.2, 0.25) is 0 Å². The van der Waals surface area contributed by atoms with Gasteiger partial charge < -0.3 is 19.7 Å². The van der Waals surface area contributed by atoms with Crippen molar-refractivity contribution in [2.45, 2.75) is 32.1 Å². The molecule has 1 saturated heterocycles. The van der Waals surface area contributed by atoms with E-state index >= 15 is 0 Å². The van der Waals surface area contributed by atoms with Gasteiger partial charge in [-0.3, -0.25) is 0 Å². The highest BCUT2D eigenvalue weighted by atomic mass is 16.6. The van der Waals surface area contributed by atoms with Gasteiger partial charge in [-0.2, -0.15) is 5.10 Å². The summed E-state index contributed by atoms with van der Waals surface area (Å²) in [6.07, 6.45) is 5.95. The van der Waals surface area contributed by atoms with Crippen molar-refractivity contribution in [2.24, 2.45) is 0 Å². The minimum atomic E-state index is 0.570. The molecule has 0 amide bonds. The lowest BCUT2D eigenvalue weighted by Gasteiger charge is -2.26.